The van der Waals surface area contributed by atoms with Crippen molar-refractivity contribution in [3.8, 4) is 0 Å². The van der Waals surface area contributed by atoms with Crippen molar-refractivity contribution in [3.63, 3.8) is 0 Å². The zero-order valence-electron chi connectivity index (χ0n) is 15.8. The van der Waals surface area contributed by atoms with E-state index in [1.807, 2.05) is 13.8 Å². The average molecular weight is 414 g/mol. The summed E-state index contributed by atoms with van der Waals surface area (Å²) in [5.74, 6) is 0.504. The van der Waals surface area contributed by atoms with Gasteiger partial charge in [-0.05, 0) is 55.7 Å². The Bertz CT molecular complexity index is 682. The standard InChI is InChI=1S/C20H28ClN3O2.ClH/c1-11(2)19(25)23-15-6-7-17(21)16(10-15)20(26)24-18-12-4-3-5-13(18)9-14(22)8-12;/h6-7,10-14,18H,3-5,8-9,22H2,1-2H3,(H,23,25)(H,24,26);1H. The van der Waals surface area contributed by atoms with Crippen LogP contribution in [-0.4, -0.2) is 23.9 Å². The zero-order chi connectivity index (χ0) is 18.8. The van der Waals surface area contributed by atoms with Crippen molar-refractivity contribution in [3.05, 3.63) is 28.8 Å². The summed E-state index contributed by atoms with van der Waals surface area (Å²) in [6.45, 7) is 3.65. The molecule has 0 spiro atoms. The Morgan fingerprint density at radius 2 is 1.81 bits per heavy atom. The predicted molar refractivity (Wildman–Crippen MR) is 111 cm³/mol. The van der Waals surface area contributed by atoms with Gasteiger partial charge in [-0.3, -0.25) is 9.59 Å². The van der Waals surface area contributed by atoms with Gasteiger partial charge in [0.1, 0.15) is 0 Å². The molecule has 0 aromatic heterocycles. The fourth-order valence-electron chi connectivity index (χ4n) is 4.32. The summed E-state index contributed by atoms with van der Waals surface area (Å²) < 4.78 is 0. The minimum atomic E-state index is -0.173. The van der Waals surface area contributed by atoms with Crippen LogP contribution >= 0.6 is 24.0 Å². The van der Waals surface area contributed by atoms with Crippen molar-refractivity contribution in [1.82, 2.24) is 5.32 Å². The smallest absolute Gasteiger partial charge is 0.253 e. The molecule has 1 aromatic rings. The van der Waals surface area contributed by atoms with Crippen LogP contribution in [0.3, 0.4) is 0 Å². The normalized spacial score (nSPS) is 26.9. The highest BCUT2D eigenvalue weighted by Gasteiger charge is 2.40. The first-order chi connectivity index (χ1) is 12.3. The van der Waals surface area contributed by atoms with Gasteiger partial charge in [0.2, 0.25) is 5.91 Å². The molecule has 2 atom stereocenters. The predicted octanol–water partition coefficient (Wildman–Crippen LogP) is 3.99. The molecule has 2 fully saturated rings. The maximum Gasteiger partial charge on any atom is 0.253 e. The second-order valence-electron chi connectivity index (χ2n) is 8.02. The van der Waals surface area contributed by atoms with Crippen LogP contribution < -0.4 is 16.4 Å². The van der Waals surface area contributed by atoms with E-state index >= 15 is 0 Å². The Kier molecular flexibility index (Phi) is 7.55. The van der Waals surface area contributed by atoms with Gasteiger partial charge < -0.3 is 16.4 Å². The first kappa shape index (κ1) is 22.0. The van der Waals surface area contributed by atoms with Crippen LogP contribution in [0.1, 0.15) is 56.3 Å². The molecular formula is C20H29Cl2N3O2. The lowest BCUT2D eigenvalue weighted by Crippen LogP contribution is -2.53. The van der Waals surface area contributed by atoms with E-state index in [4.69, 9.17) is 17.3 Å². The van der Waals surface area contributed by atoms with E-state index in [2.05, 4.69) is 10.6 Å². The van der Waals surface area contributed by atoms with Crippen LogP contribution in [0.4, 0.5) is 5.69 Å². The molecule has 2 aliphatic rings. The molecule has 2 bridgehead atoms. The number of fused-ring (bicyclic) bond motifs is 2. The van der Waals surface area contributed by atoms with Crippen LogP contribution in [0.2, 0.25) is 5.02 Å². The number of rotatable bonds is 4. The van der Waals surface area contributed by atoms with Crippen LogP contribution in [0.25, 0.3) is 0 Å². The summed E-state index contributed by atoms with van der Waals surface area (Å²) in [6.07, 6.45) is 5.39. The molecule has 4 N–H and O–H groups in total. The van der Waals surface area contributed by atoms with E-state index in [0.717, 1.165) is 25.7 Å². The van der Waals surface area contributed by atoms with Gasteiger partial charge in [-0.2, -0.15) is 0 Å². The zero-order valence-corrected chi connectivity index (χ0v) is 17.4. The summed E-state index contributed by atoms with van der Waals surface area (Å²) in [5, 5.41) is 6.42. The summed E-state index contributed by atoms with van der Waals surface area (Å²) >= 11 is 6.26. The molecule has 0 heterocycles. The molecule has 2 amide bonds. The second kappa shape index (κ2) is 9.26. The fourth-order valence-corrected chi connectivity index (χ4v) is 4.52. The van der Waals surface area contributed by atoms with Crippen molar-refractivity contribution in [2.24, 2.45) is 23.5 Å². The topological polar surface area (TPSA) is 84.2 Å². The van der Waals surface area contributed by atoms with E-state index in [0.29, 0.717) is 28.1 Å². The lowest BCUT2D eigenvalue weighted by molar-refractivity contribution is -0.118. The van der Waals surface area contributed by atoms with Gasteiger partial charge in [-0.15, -0.1) is 12.4 Å². The molecule has 2 aliphatic carbocycles. The third kappa shape index (κ3) is 5.15. The van der Waals surface area contributed by atoms with E-state index < -0.39 is 0 Å². The molecule has 2 unspecified atom stereocenters. The van der Waals surface area contributed by atoms with Crippen LogP contribution in [0.15, 0.2) is 18.2 Å². The molecule has 7 heteroatoms. The number of anilines is 1. The Morgan fingerprint density at radius 3 is 2.41 bits per heavy atom. The average Bonchev–Trinajstić information content (AvgIpc) is 2.57. The van der Waals surface area contributed by atoms with Crippen molar-refractivity contribution in [2.75, 3.05) is 5.32 Å². The van der Waals surface area contributed by atoms with Crippen LogP contribution in [-0.2, 0) is 4.79 Å². The molecule has 0 saturated heterocycles. The van der Waals surface area contributed by atoms with Gasteiger partial charge in [0.25, 0.3) is 5.91 Å². The first-order valence-corrected chi connectivity index (χ1v) is 9.89. The first-order valence-electron chi connectivity index (χ1n) is 9.52. The maximum absolute atomic E-state index is 12.9. The SMILES string of the molecule is CC(C)C(=O)Nc1ccc(Cl)c(C(=O)NC2C3CCCC2CC(N)C3)c1.Cl. The van der Waals surface area contributed by atoms with Gasteiger partial charge in [-0.1, -0.05) is 31.9 Å². The van der Waals surface area contributed by atoms with Gasteiger partial charge in [0.15, 0.2) is 0 Å². The Balaban J connectivity index is 0.00000261. The van der Waals surface area contributed by atoms with Crippen molar-refractivity contribution >= 4 is 41.5 Å². The van der Waals surface area contributed by atoms with Crippen molar-refractivity contribution < 1.29 is 9.59 Å². The quantitative estimate of drug-likeness (QED) is 0.697. The Morgan fingerprint density at radius 1 is 1.19 bits per heavy atom. The third-order valence-corrected chi connectivity index (χ3v) is 6.01. The highest BCUT2D eigenvalue weighted by Crippen LogP contribution is 2.40. The highest BCUT2D eigenvalue weighted by atomic mass is 35.5. The highest BCUT2D eigenvalue weighted by molar-refractivity contribution is 6.34. The van der Waals surface area contributed by atoms with Gasteiger partial charge in [0, 0.05) is 23.7 Å². The summed E-state index contributed by atoms with van der Waals surface area (Å²) in [6, 6.07) is 5.44. The van der Waals surface area contributed by atoms with Crippen molar-refractivity contribution in [1.29, 1.82) is 0 Å². The summed E-state index contributed by atoms with van der Waals surface area (Å²) in [7, 11) is 0. The molecular weight excluding hydrogens is 385 g/mol. The third-order valence-electron chi connectivity index (χ3n) is 5.68. The summed E-state index contributed by atoms with van der Waals surface area (Å²) in [5.41, 5.74) is 7.16. The monoisotopic (exact) mass is 413 g/mol. The molecule has 5 nitrogen and oxygen atoms in total. The molecule has 0 radical (unpaired) electrons. The second-order valence-corrected chi connectivity index (χ2v) is 8.43. The van der Waals surface area contributed by atoms with Gasteiger partial charge in [0.05, 0.1) is 10.6 Å². The number of amides is 2. The van der Waals surface area contributed by atoms with Gasteiger partial charge in [-0.25, -0.2) is 0 Å². The van der Waals surface area contributed by atoms with Crippen molar-refractivity contribution in [2.45, 2.75) is 58.0 Å². The molecule has 150 valence electrons. The maximum atomic E-state index is 12.9. The van der Waals surface area contributed by atoms with Crippen LogP contribution in [0, 0.1) is 17.8 Å². The largest absolute Gasteiger partial charge is 0.349 e. The molecule has 27 heavy (non-hydrogen) atoms. The number of benzene rings is 1. The van der Waals surface area contributed by atoms with E-state index in [9.17, 15) is 9.59 Å². The van der Waals surface area contributed by atoms with E-state index in [1.54, 1.807) is 18.2 Å². The lowest BCUT2D eigenvalue weighted by Gasteiger charge is -2.45. The number of hydrogen-bond acceptors (Lipinski definition) is 3. The Labute approximate surface area is 172 Å². The van der Waals surface area contributed by atoms with E-state index in [1.165, 1.54) is 6.42 Å². The fraction of sp³-hybridized carbons (Fsp3) is 0.600. The van der Waals surface area contributed by atoms with Gasteiger partial charge >= 0.3 is 0 Å². The number of hydrogen-bond donors (Lipinski definition) is 3. The number of nitrogens with one attached hydrogen (secondary N) is 2. The summed E-state index contributed by atoms with van der Waals surface area (Å²) in [4.78, 5) is 24.8. The number of halogens is 2. The number of nitrogens with two attached hydrogens (primary N) is 1. The molecule has 2 saturated carbocycles. The molecule has 3 rings (SSSR count). The minimum absolute atomic E-state index is 0. The van der Waals surface area contributed by atoms with Crippen LogP contribution in [0.5, 0.6) is 0 Å². The Hall–Kier alpha value is -1.30. The number of carbonyl (C=O) groups excluding carboxylic acids is 2. The minimum Gasteiger partial charge on any atom is -0.349 e. The molecule has 0 aliphatic heterocycles. The van der Waals surface area contributed by atoms with E-state index in [-0.39, 0.29) is 42.2 Å². The lowest BCUT2D eigenvalue weighted by atomic mass is 9.67. The molecule has 1 aromatic carbocycles. The number of carbonyl (C=O) groups is 2.